The van der Waals surface area contributed by atoms with Gasteiger partial charge in [0.05, 0.1) is 18.8 Å². The number of hydrogen-bond acceptors (Lipinski definition) is 3. The molecular formula is C37H73NO3. The second-order valence-corrected chi connectivity index (χ2v) is 12.7. The fraction of sp³-hybridized carbons (Fsp3) is 0.919. The maximum absolute atomic E-state index is 12.1. The van der Waals surface area contributed by atoms with Crippen LogP contribution >= 0.6 is 0 Å². The summed E-state index contributed by atoms with van der Waals surface area (Å²) >= 11 is 0. The lowest BCUT2D eigenvalue weighted by molar-refractivity contribution is -0.123. The molecule has 0 fully saturated rings. The SMILES string of the molecule is CCCCCCCCCCCCCCCCCCCCCCC/C=C/C(O)C(CO)NC(=O)CCCCCCCC. The molecule has 0 radical (unpaired) electrons. The number of carbonyl (C=O) groups excluding carboxylic acids is 1. The summed E-state index contributed by atoms with van der Waals surface area (Å²) in [5.41, 5.74) is 0. The molecule has 0 saturated heterocycles. The van der Waals surface area contributed by atoms with Crippen molar-refractivity contribution in [2.24, 2.45) is 0 Å². The monoisotopic (exact) mass is 580 g/mol. The van der Waals surface area contributed by atoms with Crippen LogP contribution in [-0.4, -0.2) is 34.9 Å². The highest BCUT2D eigenvalue weighted by molar-refractivity contribution is 5.76. The summed E-state index contributed by atoms with van der Waals surface area (Å²) in [7, 11) is 0. The standard InChI is InChI=1S/C37H73NO3/c1-3-5-7-9-11-12-13-14-15-16-17-18-19-20-21-22-23-24-25-26-27-28-30-32-36(40)35(34-39)38-37(41)33-31-29-10-8-6-4-2/h30,32,35-36,39-40H,3-29,31,33-34H2,1-2H3,(H,38,41)/b32-30+. The van der Waals surface area contributed by atoms with E-state index in [0.717, 1.165) is 25.7 Å². The Hall–Kier alpha value is -0.870. The summed E-state index contributed by atoms with van der Waals surface area (Å²) in [5.74, 6) is -0.0728. The van der Waals surface area contributed by atoms with E-state index >= 15 is 0 Å². The van der Waals surface area contributed by atoms with Crippen LogP contribution in [0.15, 0.2) is 12.2 Å². The van der Waals surface area contributed by atoms with Gasteiger partial charge in [-0.2, -0.15) is 0 Å². The summed E-state index contributed by atoms with van der Waals surface area (Å²) in [6.45, 7) is 4.25. The molecule has 244 valence electrons. The molecule has 0 spiro atoms. The summed E-state index contributed by atoms with van der Waals surface area (Å²) in [6, 6.07) is -0.612. The largest absolute Gasteiger partial charge is 0.394 e. The van der Waals surface area contributed by atoms with Crippen molar-refractivity contribution in [1.29, 1.82) is 0 Å². The molecule has 0 rings (SSSR count). The molecule has 0 aliphatic rings. The molecule has 3 N–H and O–H groups in total. The highest BCUT2D eigenvalue weighted by atomic mass is 16.3. The van der Waals surface area contributed by atoms with Crippen molar-refractivity contribution in [3.05, 3.63) is 12.2 Å². The van der Waals surface area contributed by atoms with Crippen LogP contribution in [0, 0.1) is 0 Å². The molecule has 0 aromatic carbocycles. The summed E-state index contributed by atoms with van der Waals surface area (Å²) in [5, 5.41) is 22.7. The lowest BCUT2D eigenvalue weighted by atomic mass is 10.0. The Morgan fingerprint density at radius 3 is 1.27 bits per heavy atom. The van der Waals surface area contributed by atoms with Crippen molar-refractivity contribution < 1.29 is 15.0 Å². The van der Waals surface area contributed by atoms with Crippen molar-refractivity contribution in [1.82, 2.24) is 5.32 Å². The third-order valence-corrected chi connectivity index (χ3v) is 8.52. The first-order valence-corrected chi connectivity index (χ1v) is 18.4. The molecule has 0 aromatic heterocycles. The molecule has 4 heteroatoms. The molecule has 0 aliphatic carbocycles. The molecule has 0 aliphatic heterocycles. The van der Waals surface area contributed by atoms with Crippen molar-refractivity contribution in [3.63, 3.8) is 0 Å². The number of allylic oxidation sites excluding steroid dienone is 1. The quantitative estimate of drug-likeness (QED) is 0.0535. The van der Waals surface area contributed by atoms with E-state index in [1.807, 2.05) is 6.08 Å². The normalized spacial score (nSPS) is 13.2. The Labute approximate surface area is 256 Å². The van der Waals surface area contributed by atoms with Gasteiger partial charge in [0.15, 0.2) is 0 Å². The highest BCUT2D eigenvalue weighted by Gasteiger charge is 2.17. The van der Waals surface area contributed by atoms with Crippen LogP contribution in [0.5, 0.6) is 0 Å². The average Bonchev–Trinajstić information content (AvgIpc) is 2.97. The first kappa shape index (κ1) is 40.1. The van der Waals surface area contributed by atoms with Crippen LogP contribution in [0.2, 0.25) is 0 Å². The van der Waals surface area contributed by atoms with Crippen LogP contribution in [0.3, 0.4) is 0 Å². The van der Waals surface area contributed by atoms with Gasteiger partial charge in [-0.15, -0.1) is 0 Å². The number of hydrogen-bond donors (Lipinski definition) is 3. The molecule has 0 bridgehead atoms. The summed E-state index contributed by atoms with van der Waals surface area (Å²) in [6.07, 6.45) is 40.4. The van der Waals surface area contributed by atoms with E-state index in [1.165, 1.54) is 154 Å². The van der Waals surface area contributed by atoms with E-state index in [1.54, 1.807) is 6.08 Å². The maximum atomic E-state index is 12.1. The van der Waals surface area contributed by atoms with Crippen LogP contribution in [0.25, 0.3) is 0 Å². The van der Waals surface area contributed by atoms with Gasteiger partial charge in [0.2, 0.25) is 5.91 Å². The van der Waals surface area contributed by atoms with E-state index in [9.17, 15) is 15.0 Å². The molecular weight excluding hydrogens is 506 g/mol. The lowest BCUT2D eigenvalue weighted by Crippen LogP contribution is -2.45. The van der Waals surface area contributed by atoms with Gasteiger partial charge in [-0.05, 0) is 19.3 Å². The minimum Gasteiger partial charge on any atom is -0.394 e. The molecule has 0 saturated carbocycles. The van der Waals surface area contributed by atoms with Gasteiger partial charge in [-0.25, -0.2) is 0 Å². The van der Waals surface area contributed by atoms with E-state index < -0.39 is 12.1 Å². The molecule has 2 atom stereocenters. The van der Waals surface area contributed by atoms with Crippen LogP contribution < -0.4 is 5.32 Å². The van der Waals surface area contributed by atoms with Crippen LogP contribution in [0.1, 0.15) is 200 Å². The van der Waals surface area contributed by atoms with Gasteiger partial charge in [-0.3, -0.25) is 4.79 Å². The minimum atomic E-state index is -0.830. The summed E-state index contributed by atoms with van der Waals surface area (Å²) < 4.78 is 0. The van der Waals surface area contributed by atoms with Gasteiger partial charge >= 0.3 is 0 Å². The van der Waals surface area contributed by atoms with Crippen molar-refractivity contribution >= 4 is 5.91 Å². The van der Waals surface area contributed by atoms with Gasteiger partial charge in [0, 0.05) is 6.42 Å². The maximum Gasteiger partial charge on any atom is 0.220 e. The number of unbranched alkanes of at least 4 members (excludes halogenated alkanes) is 26. The van der Waals surface area contributed by atoms with E-state index in [0.29, 0.717) is 6.42 Å². The zero-order chi connectivity index (χ0) is 30.1. The fourth-order valence-electron chi connectivity index (χ4n) is 5.65. The second-order valence-electron chi connectivity index (χ2n) is 12.7. The van der Waals surface area contributed by atoms with Gasteiger partial charge < -0.3 is 15.5 Å². The Morgan fingerprint density at radius 1 is 0.561 bits per heavy atom. The van der Waals surface area contributed by atoms with E-state index in [-0.39, 0.29) is 12.5 Å². The van der Waals surface area contributed by atoms with Crippen LogP contribution in [0.4, 0.5) is 0 Å². The van der Waals surface area contributed by atoms with E-state index in [2.05, 4.69) is 19.2 Å². The third kappa shape index (κ3) is 30.4. The van der Waals surface area contributed by atoms with Crippen molar-refractivity contribution in [2.75, 3.05) is 6.61 Å². The molecule has 0 heterocycles. The van der Waals surface area contributed by atoms with Gasteiger partial charge in [-0.1, -0.05) is 187 Å². The number of amides is 1. The molecule has 1 amide bonds. The number of carbonyl (C=O) groups is 1. The van der Waals surface area contributed by atoms with Gasteiger partial charge in [0.1, 0.15) is 0 Å². The third-order valence-electron chi connectivity index (χ3n) is 8.52. The van der Waals surface area contributed by atoms with Gasteiger partial charge in [0.25, 0.3) is 0 Å². The summed E-state index contributed by atoms with van der Waals surface area (Å²) in [4.78, 5) is 12.1. The fourth-order valence-corrected chi connectivity index (χ4v) is 5.65. The highest BCUT2D eigenvalue weighted by Crippen LogP contribution is 2.15. The second kappa shape index (κ2) is 33.6. The first-order chi connectivity index (χ1) is 20.2. The zero-order valence-electron chi connectivity index (χ0n) is 27.8. The Morgan fingerprint density at radius 2 is 0.902 bits per heavy atom. The predicted octanol–water partition coefficient (Wildman–Crippen LogP) is 10.7. The minimum absolute atomic E-state index is 0.0728. The van der Waals surface area contributed by atoms with E-state index in [4.69, 9.17) is 0 Å². The first-order valence-electron chi connectivity index (χ1n) is 18.4. The number of aliphatic hydroxyl groups excluding tert-OH is 2. The van der Waals surface area contributed by atoms with Crippen LogP contribution in [-0.2, 0) is 4.79 Å². The Kier molecular flexibility index (Phi) is 32.9. The predicted molar refractivity (Wildman–Crippen MR) is 179 cm³/mol. The Bertz CT molecular complexity index is 550. The van der Waals surface area contributed by atoms with Crippen molar-refractivity contribution in [2.45, 2.75) is 212 Å². The molecule has 4 nitrogen and oxygen atoms in total. The molecule has 0 aromatic rings. The number of rotatable bonds is 33. The smallest absolute Gasteiger partial charge is 0.220 e. The molecule has 2 unspecified atom stereocenters. The number of nitrogens with one attached hydrogen (secondary N) is 1. The molecule has 41 heavy (non-hydrogen) atoms. The number of aliphatic hydroxyl groups is 2. The topological polar surface area (TPSA) is 69.6 Å². The Balaban J connectivity index is 3.46. The average molecular weight is 580 g/mol. The van der Waals surface area contributed by atoms with Crippen molar-refractivity contribution in [3.8, 4) is 0 Å². The zero-order valence-corrected chi connectivity index (χ0v) is 27.8. The lowest BCUT2D eigenvalue weighted by Gasteiger charge is -2.20.